The van der Waals surface area contributed by atoms with Gasteiger partial charge in [-0.25, -0.2) is 4.39 Å². The van der Waals surface area contributed by atoms with Gasteiger partial charge in [0.1, 0.15) is 17.5 Å². The van der Waals surface area contributed by atoms with Gasteiger partial charge in [0.15, 0.2) is 0 Å². The number of hydrogen-bond acceptors (Lipinski definition) is 3. The Hall–Kier alpha value is -3.69. The molecule has 148 valence electrons. The molecule has 2 aromatic heterocycles. The van der Waals surface area contributed by atoms with Crippen molar-refractivity contribution in [1.82, 2.24) is 9.88 Å². The Labute approximate surface area is 177 Å². The molecule has 1 amide bonds. The molecule has 0 aliphatic carbocycles. The smallest absolute Gasteiger partial charge is 0.262 e. The SMILES string of the molecule is N#C/C(=C/c1cn(Cc2ccc(F)cc2)c2ccccc12)C(=O)NCc1cccs1. The molecule has 0 bridgehead atoms. The number of nitrogens with zero attached hydrogens (tertiary/aromatic N) is 2. The zero-order chi connectivity index (χ0) is 20.9. The average Bonchev–Trinajstić information content (AvgIpc) is 3.40. The van der Waals surface area contributed by atoms with Gasteiger partial charge < -0.3 is 9.88 Å². The topological polar surface area (TPSA) is 57.8 Å². The predicted octanol–water partition coefficient (Wildman–Crippen LogP) is 5.11. The molecule has 0 spiro atoms. The third-order valence-corrected chi connectivity index (χ3v) is 5.63. The third-order valence-electron chi connectivity index (χ3n) is 4.75. The summed E-state index contributed by atoms with van der Waals surface area (Å²) in [6, 6.07) is 20.0. The zero-order valence-electron chi connectivity index (χ0n) is 16.0. The molecule has 0 unspecified atom stereocenters. The van der Waals surface area contributed by atoms with Crippen molar-refractivity contribution in [2.45, 2.75) is 13.1 Å². The standard InChI is InChI=1S/C24H18FN3OS/c25-20-9-7-17(8-10-20)15-28-16-19(22-5-1-2-6-23(22)28)12-18(13-26)24(29)27-14-21-4-3-11-30-21/h1-12,16H,14-15H2,(H,27,29)/b18-12-. The summed E-state index contributed by atoms with van der Waals surface area (Å²) in [4.78, 5) is 13.5. The fraction of sp³-hybridized carbons (Fsp3) is 0.0833. The second-order valence-electron chi connectivity index (χ2n) is 6.79. The highest BCUT2D eigenvalue weighted by molar-refractivity contribution is 7.09. The first kappa shape index (κ1) is 19.6. The molecular weight excluding hydrogens is 397 g/mol. The number of nitrogens with one attached hydrogen (secondary N) is 1. The lowest BCUT2D eigenvalue weighted by Gasteiger charge is -2.05. The van der Waals surface area contributed by atoms with Crippen LogP contribution in [0.2, 0.25) is 0 Å². The molecule has 30 heavy (non-hydrogen) atoms. The Kier molecular flexibility index (Phi) is 5.73. The maximum Gasteiger partial charge on any atom is 0.262 e. The molecular formula is C24H18FN3OS. The normalized spacial score (nSPS) is 11.4. The van der Waals surface area contributed by atoms with Crippen LogP contribution in [-0.2, 0) is 17.9 Å². The Balaban J connectivity index is 1.63. The molecule has 0 radical (unpaired) electrons. The number of amides is 1. The van der Waals surface area contributed by atoms with E-state index < -0.39 is 5.91 Å². The van der Waals surface area contributed by atoms with Gasteiger partial charge in [0.05, 0.1) is 6.54 Å². The first-order chi connectivity index (χ1) is 14.6. The summed E-state index contributed by atoms with van der Waals surface area (Å²) in [7, 11) is 0. The van der Waals surface area contributed by atoms with E-state index in [1.54, 1.807) is 29.5 Å². The van der Waals surface area contributed by atoms with Crippen LogP contribution in [-0.4, -0.2) is 10.5 Å². The van der Waals surface area contributed by atoms with Gasteiger partial charge in [-0.2, -0.15) is 5.26 Å². The summed E-state index contributed by atoms with van der Waals surface area (Å²) in [5, 5.41) is 15.2. The lowest BCUT2D eigenvalue weighted by Crippen LogP contribution is -2.23. The number of fused-ring (bicyclic) bond motifs is 1. The Morgan fingerprint density at radius 3 is 2.67 bits per heavy atom. The van der Waals surface area contributed by atoms with Gasteiger partial charge >= 0.3 is 0 Å². The minimum Gasteiger partial charge on any atom is -0.347 e. The maximum absolute atomic E-state index is 13.2. The van der Waals surface area contributed by atoms with Crippen molar-refractivity contribution in [1.29, 1.82) is 5.26 Å². The van der Waals surface area contributed by atoms with Crippen LogP contribution in [0.4, 0.5) is 4.39 Å². The van der Waals surface area contributed by atoms with Crippen LogP contribution in [0.3, 0.4) is 0 Å². The first-order valence-corrected chi connectivity index (χ1v) is 10.3. The lowest BCUT2D eigenvalue weighted by molar-refractivity contribution is -0.117. The van der Waals surface area contributed by atoms with E-state index in [2.05, 4.69) is 5.32 Å². The lowest BCUT2D eigenvalue weighted by atomic mass is 10.1. The van der Waals surface area contributed by atoms with Crippen molar-refractivity contribution in [3.63, 3.8) is 0 Å². The van der Waals surface area contributed by atoms with Gasteiger partial charge in [0, 0.05) is 34.1 Å². The molecule has 4 nitrogen and oxygen atoms in total. The molecule has 4 aromatic rings. The van der Waals surface area contributed by atoms with Crippen LogP contribution in [0, 0.1) is 17.1 Å². The molecule has 2 aromatic carbocycles. The zero-order valence-corrected chi connectivity index (χ0v) is 16.8. The summed E-state index contributed by atoms with van der Waals surface area (Å²) < 4.78 is 15.2. The maximum atomic E-state index is 13.2. The second-order valence-corrected chi connectivity index (χ2v) is 7.82. The third kappa shape index (κ3) is 4.32. The van der Waals surface area contributed by atoms with Gasteiger partial charge in [-0.3, -0.25) is 4.79 Å². The predicted molar refractivity (Wildman–Crippen MR) is 117 cm³/mol. The van der Waals surface area contributed by atoms with E-state index in [0.29, 0.717) is 13.1 Å². The molecule has 0 saturated heterocycles. The number of aromatic nitrogens is 1. The molecule has 6 heteroatoms. The van der Waals surface area contributed by atoms with Crippen molar-refractivity contribution in [3.8, 4) is 6.07 Å². The quantitative estimate of drug-likeness (QED) is 0.351. The highest BCUT2D eigenvalue weighted by Crippen LogP contribution is 2.25. The summed E-state index contributed by atoms with van der Waals surface area (Å²) in [5.74, 6) is -0.673. The number of carbonyl (C=O) groups excluding carboxylic acids is 1. The van der Waals surface area contributed by atoms with Crippen LogP contribution in [0.1, 0.15) is 16.0 Å². The number of rotatable bonds is 6. The molecule has 0 fully saturated rings. The number of halogens is 1. The van der Waals surface area contributed by atoms with Crippen molar-refractivity contribution >= 4 is 34.2 Å². The number of thiophene rings is 1. The second kappa shape index (κ2) is 8.76. The van der Waals surface area contributed by atoms with Gasteiger partial charge in [-0.15, -0.1) is 11.3 Å². The van der Waals surface area contributed by atoms with Crippen molar-refractivity contribution < 1.29 is 9.18 Å². The summed E-state index contributed by atoms with van der Waals surface area (Å²) in [5.41, 5.74) is 2.78. The molecule has 1 N–H and O–H groups in total. The van der Waals surface area contributed by atoms with Gasteiger partial charge in [-0.05, 0) is 41.3 Å². The van der Waals surface area contributed by atoms with E-state index in [1.165, 1.54) is 12.1 Å². The highest BCUT2D eigenvalue weighted by atomic mass is 32.1. The Bertz CT molecular complexity index is 1250. The van der Waals surface area contributed by atoms with E-state index in [4.69, 9.17) is 0 Å². The number of para-hydroxylation sites is 1. The van der Waals surface area contributed by atoms with Gasteiger partial charge in [0.25, 0.3) is 5.91 Å². The first-order valence-electron chi connectivity index (χ1n) is 9.39. The average molecular weight is 415 g/mol. The fourth-order valence-electron chi connectivity index (χ4n) is 3.29. The van der Waals surface area contributed by atoms with E-state index in [1.807, 2.05) is 58.6 Å². The summed E-state index contributed by atoms with van der Waals surface area (Å²) in [6.07, 6.45) is 3.53. The van der Waals surface area contributed by atoms with Crippen LogP contribution in [0.5, 0.6) is 0 Å². The molecule has 0 atom stereocenters. The van der Waals surface area contributed by atoms with E-state index in [0.717, 1.165) is 26.9 Å². The van der Waals surface area contributed by atoms with E-state index in [-0.39, 0.29) is 11.4 Å². The Morgan fingerprint density at radius 2 is 1.93 bits per heavy atom. The largest absolute Gasteiger partial charge is 0.347 e. The van der Waals surface area contributed by atoms with Crippen molar-refractivity contribution in [2.75, 3.05) is 0 Å². The van der Waals surface area contributed by atoms with Crippen LogP contribution >= 0.6 is 11.3 Å². The Morgan fingerprint density at radius 1 is 1.13 bits per heavy atom. The van der Waals surface area contributed by atoms with Crippen molar-refractivity contribution in [3.05, 3.63) is 99.6 Å². The monoisotopic (exact) mass is 415 g/mol. The van der Waals surface area contributed by atoms with E-state index in [9.17, 15) is 14.4 Å². The van der Waals surface area contributed by atoms with Crippen LogP contribution in [0.15, 0.2) is 77.8 Å². The molecule has 4 rings (SSSR count). The van der Waals surface area contributed by atoms with Crippen LogP contribution < -0.4 is 5.32 Å². The molecule has 0 aliphatic heterocycles. The van der Waals surface area contributed by atoms with Crippen molar-refractivity contribution in [2.24, 2.45) is 0 Å². The minimum absolute atomic E-state index is 0.0521. The number of nitriles is 1. The molecule has 0 aliphatic rings. The summed E-state index contributed by atoms with van der Waals surface area (Å²) in [6.45, 7) is 0.947. The van der Waals surface area contributed by atoms with Gasteiger partial charge in [-0.1, -0.05) is 36.4 Å². The molecule has 0 saturated carbocycles. The fourth-order valence-corrected chi connectivity index (χ4v) is 3.93. The van der Waals surface area contributed by atoms with E-state index >= 15 is 0 Å². The van der Waals surface area contributed by atoms with Gasteiger partial charge in [0.2, 0.25) is 0 Å². The summed E-state index contributed by atoms with van der Waals surface area (Å²) >= 11 is 1.55. The highest BCUT2D eigenvalue weighted by Gasteiger charge is 2.13. The minimum atomic E-state index is -0.402. The number of benzene rings is 2. The number of hydrogen-bond donors (Lipinski definition) is 1. The van der Waals surface area contributed by atoms with Crippen LogP contribution in [0.25, 0.3) is 17.0 Å². The molecule has 2 heterocycles. The number of carbonyl (C=O) groups is 1.